The molecule has 168 valence electrons. The molecule has 9 nitrogen and oxygen atoms in total. The lowest BCUT2D eigenvalue weighted by Crippen LogP contribution is -2.21. The van der Waals surface area contributed by atoms with Crippen molar-refractivity contribution in [1.29, 1.82) is 0 Å². The highest BCUT2D eigenvalue weighted by Crippen LogP contribution is 2.27. The van der Waals surface area contributed by atoms with Crippen molar-refractivity contribution in [2.24, 2.45) is 5.73 Å². The highest BCUT2D eigenvalue weighted by atomic mass is 16.5. The van der Waals surface area contributed by atoms with E-state index in [2.05, 4.69) is 25.6 Å². The van der Waals surface area contributed by atoms with Gasteiger partial charge in [-0.15, -0.1) is 0 Å². The molecule has 9 heteroatoms. The Morgan fingerprint density at radius 2 is 1.85 bits per heavy atom. The van der Waals surface area contributed by atoms with Crippen LogP contribution in [0.15, 0.2) is 91.4 Å². The largest absolute Gasteiger partial charge is 0.439 e. The van der Waals surface area contributed by atoms with E-state index in [0.717, 1.165) is 28.1 Å². The average molecular weight is 451 g/mol. The first-order valence-electron chi connectivity index (χ1n) is 10.6. The van der Waals surface area contributed by atoms with Gasteiger partial charge in [-0.1, -0.05) is 12.1 Å². The highest BCUT2D eigenvalue weighted by molar-refractivity contribution is 5.83. The first-order valence-corrected chi connectivity index (χ1v) is 10.6. The number of hydrogen-bond acceptors (Lipinski definition) is 7. The third kappa shape index (κ3) is 4.78. The van der Waals surface area contributed by atoms with Gasteiger partial charge in [0.1, 0.15) is 11.6 Å². The number of nitrogens with zero attached hydrogens (tertiary/aromatic N) is 4. The summed E-state index contributed by atoms with van der Waals surface area (Å²) in [5, 5.41) is 7.12. The Hall–Kier alpha value is -4.92. The van der Waals surface area contributed by atoms with Crippen LogP contribution in [0.1, 0.15) is 0 Å². The van der Waals surface area contributed by atoms with E-state index in [1.807, 2.05) is 77.5 Å². The van der Waals surface area contributed by atoms with Gasteiger partial charge in [-0.3, -0.25) is 4.79 Å². The van der Waals surface area contributed by atoms with Crippen LogP contribution in [0.3, 0.4) is 0 Å². The van der Waals surface area contributed by atoms with Gasteiger partial charge in [-0.25, -0.2) is 9.97 Å². The van der Waals surface area contributed by atoms with Crippen molar-refractivity contribution in [3.63, 3.8) is 0 Å². The van der Waals surface area contributed by atoms with Crippen LogP contribution >= 0.6 is 0 Å². The number of amides is 1. The SMILES string of the molecule is NC(=O)CNc1cccc(Nc2nccc(Oc3ccc4c(ccn4-c4ccccn4)c3)n2)c1. The molecule has 34 heavy (non-hydrogen) atoms. The maximum atomic E-state index is 11.0. The summed E-state index contributed by atoms with van der Waals surface area (Å²) < 4.78 is 8.01. The Morgan fingerprint density at radius 1 is 0.941 bits per heavy atom. The summed E-state index contributed by atoms with van der Waals surface area (Å²) in [5.41, 5.74) is 7.72. The normalized spacial score (nSPS) is 10.7. The lowest BCUT2D eigenvalue weighted by atomic mass is 10.2. The Labute approximate surface area is 195 Å². The summed E-state index contributed by atoms with van der Waals surface area (Å²) in [6.45, 7) is 0.0544. The van der Waals surface area contributed by atoms with Gasteiger partial charge in [0.2, 0.25) is 17.7 Å². The Kier molecular flexibility index (Phi) is 5.73. The number of carbonyl (C=O) groups excluding carboxylic acids is 1. The number of rotatable bonds is 8. The second-order valence-electron chi connectivity index (χ2n) is 7.44. The van der Waals surface area contributed by atoms with Gasteiger partial charge in [0.25, 0.3) is 0 Å². The summed E-state index contributed by atoms with van der Waals surface area (Å²) in [6, 6.07) is 22.7. The van der Waals surface area contributed by atoms with E-state index in [1.54, 1.807) is 18.5 Å². The molecule has 0 unspecified atom stereocenters. The van der Waals surface area contributed by atoms with Crippen molar-refractivity contribution in [3.8, 4) is 17.4 Å². The lowest BCUT2D eigenvalue weighted by Gasteiger charge is -2.10. The standard InChI is InChI=1S/C25H21N7O2/c26-22(33)16-29-18-4-3-5-19(15-18)30-25-28-12-9-24(31-25)34-20-7-8-21-17(14-20)10-13-32(21)23-6-1-2-11-27-23/h1-15,29H,16H2,(H2,26,33)(H,28,30,31). The number of carbonyl (C=O) groups is 1. The number of primary amides is 1. The molecule has 0 aliphatic rings. The summed E-state index contributed by atoms with van der Waals surface area (Å²) >= 11 is 0. The number of nitrogens with two attached hydrogens (primary N) is 1. The fourth-order valence-corrected chi connectivity index (χ4v) is 3.49. The van der Waals surface area contributed by atoms with Crippen LogP contribution in [0.5, 0.6) is 11.6 Å². The predicted octanol–water partition coefficient (Wildman–Crippen LogP) is 4.25. The van der Waals surface area contributed by atoms with E-state index in [1.165, 1.54) is 0 Å². The van der Waals surface area contributed by atoms with Crippen LogP contribution in [0.4, 0.5) is 17.3 Å². The summed E-state index contributed by atoms with van der Waals surface area (Å²) in [7, 11) is 0. The monoisotopic (exact) mass is 451 g/mol. The van der Waals surface area contributed by atoms with Crippen LogP contribution in [0.2, 0.25) is 0 Å². The van der Waals surface area contributed by atoms with Crippen molar-refractivity contribution in [1.82, 2.24) is 19.5 Å². The molecule has 0 spiro atoms. The molecule has 0 saturated carbocycles. The van der Waals surface area contributed by atoms with Crippen molar-refractivity contribution < 1.29 is 9.53 Å². The van der Waals surface area contributed by atoms with Gasteiger partial charge < -0.3 is 25.7 Å². The van der Waals surface area contributed by atoms with Crippen molar-refractivity contribution >= 4 is 34.1 Å². The van der Waals surface area contributed by atoms with E-state index >= 15 is 0 Å². The molecule has 0 radical (unpaired) electrons. The Morgan fingerprint density at radius 3 is 2.71 bits per heavy atom. The molecule has 5 rings (SSSR count). The number of ether oxygens (including phenoxy) is 1. The molecule has 0 aliphatic heterocycles. The highest BCUT2D eigenvalue weighted by Gasteiger charge is 2.08. The molecule has 0 saturated heterocycles. The smallest absolute Gasteiger partial charge is 0.236 e. The van der Waals surface area contributed by atoms with Crippen molar-refractivity contribution in [2.75, 3.05) is 17.2 Å². The third-order valence-corrected chi connectivity index (χ3v) is 5.00. The number of anilines is 3. The fraction of sp³-hybridized carbons (Fsp3) is 0.0400. The number of aromatic nitrogens is 4. The van der Waals surface area contributed by atoms with Gasteiger partial charge in [-0.05, 0) is 54.6 Å². The second kappa shape index (κ2) is 9.29. The molecular formula is C25H21N7O2. The minimum absolute atomic E-state index is 0.0544. The number of pyridine rings is 1. The van der Waals surface area contributed by atoms with E-state index in [-0.39, 0.29) is 6.54 Å². The van der Waals surface area contributed by atoms with Crippen LogP contribution in [-0.2, 0) is 4.79 Å². The maximum Gasteiger partial charge on any atom is 0.236 e. The lowest BCUT2D eigenvalue weighted by molar-refractivity contribution is -0.116. The molecule has 5 aromatic rings. The molecule has 1 amide bonds. The third-order valence-electron chi connectivity index (χ3n) is 5.00. The zero-order chi connectivity index (χ0) is 23.3. The molecule has 4 N–H and O–H groups in total. The van der Waals surface area contributed by atoms with Gasteiger partial charge in [0.05, 0.1) is 12.1 Å². The summed E-state index contributed by atoms with van der Waals surface area (Å²) in [4.78, 5) is 24.1. The van der Waals surface area contributed by atoms with Gasteiger partial charge >= 0.3 is 0 Å². The first-order chi connectivity index (χ1) is 16.6. The number of nitrogens with one attached hydrogen (secondary N) is 2. The fourth-order valence-electron chi connectivity index (χ4n) is 3.49. The Bertz CT molecular complexity index is 1450. The topological polar surface area (TPSA) is 120 Å². The maximum absolute atomic E-state index is 11.0. The molecule has 0 atom stereocenters. The predicted molar refractivity (Wildman–Crippen MR) is 131 cm³/mol. The molecular weight excluding hydrogens is 430 g/mol. The molecule has 2 aromatic carbocycles. The average Bonchev–Trinajstić information content (AvgIpc) is 3.27. The van der Waals surface area contributed by atoms with E-state index < -0.39 is 5.91 Å². The van der Waals surface area contributed by atoms with Crippen molar-refractivity contribution in [2.45, 2.75) is 0 Å². The van der Waals surface area contributed by atoms with Crippen LogP contribution in [0, 0.1) is 0 Å². The van der Waals surface area contributed by atoms with E-state index in [4.69, 9.17) is 10.5 Å². The van der Waals surface area contributed by atoms with Crippen LogP contribution < -0.4 is 21.1 Å². The minimum Gasteiger partial charge on any atom is -0.439 e. The number of fused-ring (bicyclic) bond motifs is 1. The van der Waals surface area contributed by atoms with Crippen LogP contribution in [0.25, 0.3) is 16.7 Å². The molecule has 0 aliphatic carbocycles. The quantitative estimate of drug-likeness (QED) is 0.323. The van der Waals surface area contributed by atoms with E-state index in [9.17, 15) is 4.79 Å². The Balaban J connectivity index is 1.31. The minimum atomic E-state index is -0.432. The molecule has 3 heterocycles. The summed E-state index contributed by atoms with van der Waals surface area (Å²) in [6.07, 6.45) is 5.37. The zero-order valence-corrected chi connectivity index (χ0v) is 18.1. The summed E-state index contributed by atoms with van der Waals surface area (Å²) in [5.74, 6) is 1.87. The van der Waals surface area contributed by atoms with Gasteiger partial charge in [0.15, 0.2) is 0 Å². The molecule has 3 aromatic heterocycles. The number of benzene rings is 2. The van der Waals surface area contributed by atoms with E-state index in [0.29, 0.717) is 17.6 Å². The van der Waals surface area contributed by atoms with Crippen LogP contribution in [-0.4, -0.2) is 32.0 Å². The van der Waals surface area contributed by atoms with Crippen molar-refractivity contribution in [3.05, 3.63) is 91.4 Å². The molecule has 0 bridgehead atoms. The number of hydrogen-bond donors (Lipinski definition) is 3. The van der Waals surface area contributed by atoms with Gasteiger partial charge in [0, 0.05) is 41.4 Å². The van der Waals surface area contributed by atoms with Gasteiger partial charge in [-0.2, -0.15) is 4.98 Å². The first kappa shape index (κ1) is 21.0. The second-order valence-corrected chi connectivity index (χ2v) is 7.44. The molecule has 0 fully saturated rings. The zero-order valence-electron chi connectivity index (χ0n) is 18.1.